The molecule has 2 aromatic rings. The molecule has 0 saturated carbocycles. The summed E-state index contributed by atoms with van der Waals surface area (Å²) in [4.78, 5) is 41.6. The number of nitriles is 1. The Labute approximate surface area is 190 Å². The third-order valence-corrected chi connectivity index (χ3v) is 5.98. The van der Waals surface area contributed by atoms with Gasteiger partial charge >= 0.3 is 12.2 Å². The molecule has 2 aromatic carbocycles. The van der Waals surface area contributed by atoms with Crippen LogP contribution in [0.1, 0.15) is 16.7 Å². The van der Waals surface area contributed by atoms with Crippen LogP contribution in [0.25, 0.3) is 0 Å². The van der Waals surface area contributed by atoms with Gasteiger partial charge in [0.15, 0.2) is 5.54 Å². The average Bonchev–Trinajstić information content (AvgIpc) is 2.74. The van der Waals surface area contributed by atoms with E-state index in [-0.39, 0.29) is 30.9 Å². The number of likely N-dealkylation sites (tertiary alicyclic amines) is 1. The molecule has 8 nitrogen and oxygen atoms in total. The molecule has 2 heterocycles. The molecule has 2 aliphatic rings. The van der Waals surface area contributed by atoms with Gasteiger partial charge in [0.25, 0.3) is 5.91 Å². The number of carbonyl (C=O) groups excluding carboxylic acids is 3. The highest BCUT2D eigenvalue weighted by molar-refractivity contribution is 6.10. The number of nitrogens with two attached hydrogens (primary N) is 1. The maximum Gasteiger partial charge on any atom is 0.416 e. The molecule has 0 unspecified atom stereocenters. The van der Waals surface area contributed by atoms with E-state index in [2.05, 4.69) is 0 Å². The lowest BCUT2D eigenvalue weighted by molar-refractivity contribution is -0.161. The first-order chi connectivity index (χ1) is 16.0. The molecule has 4 rings (SSSR count). The molecule has 0 aliphatic carbocycles. The lowest BCUT2D eigenvalue weighted by Gasteiger charge is -2.57. The van der Waals surface area contributed by atoms with Gasteiger partial charge in [-0.2, -0.15) is 18.4 Å². The summed E-state index contributed by atoms with van der Waals surface area (Å²) in [7, 11) is 0. The first-order valence-electron chi connectivity index (χ1n) is 9.99. The van der Waals surface area contributed by atoms with Crippen LogP contribution in [-0.2, 0) is 22.3 Å². The van der Waals surface area contributed by atoms with E-state index in [1.807, 2.05) is 0 Å². The summed E-state index contributed by atoms with van der Waals surface area (Å²) in [5.74, 6) is -2.01. The van der Waals surface area contributed by atoms with Crippen molar-refractivity contribution in [3.63, 3.8) is 0 Å². The molecule has 0 aromatic heterocycles. The van der Waals surface area contributed by atoms with Crippen molar-refractivity contribution in [2.75, 3.05) is 24.5 Å². The zero-order chi connectivity index (χ0) is 24.8. The highest BCUT2D eigenvalue weighted by Crippen LogP contribution is 2.37. The second-order valence-electron chi connectivity index (χ2n) is 8.07. The monoisotopic (exact) mass is 475 g/mol. The van der Waals surface area contributed by atoms with Crippen molar-refractivity contribution in [2.24, 2.45) is 5.73 Å². The van der Waals surface area contributed by atoms with E-state index >= 15 is 0 Å². The van der Waals surface area contributed by atoms with Gasteiger partial charge in [-0.15, -0.1) is 0 Å². The molecule has 0 bridgehead atoms. The topological polar surface area (TPSA) is 111 Å². The minimum Gasteiger partial charge on any atom is -0.351 e. The van der Waals surface area contributed by atoms with Gasteiger partial charge in [-0.25, -0.2) is 9.18 Å². The molecule has 2 aliphatic heterocycles. The lowest BCUT2D eigenvalue weighted by atomic mass is 9.83. The number of hydrogen-bond acceptors (Lipinski definition) is 4. The summed E-state index contributed by atoms with van der Waals surface area (Å²) >= 11 is 0. The van der Waals surface area contributed by atoms with E-state index in [4.69, 9.17) is 11.0 Å². The van der Waals surface area contributed by atoms with Gasteiger partial charge in [0.05, 0.1) is 24.2 Å². The van der Waals surface area contributed by atoms with Crippen LogP contribution < -0.4 is 10.6 Å². The Bertz CT molecular complexity index is 1220. The van der Waals surface area contributed by atoms with Gasteiger partial charge in [-0.3, -0.25) is 9.59 Å². The Morgan fingerprint density at radius 2 is 1.76 bits per heavy atom. The molecule has 4 amide bonds. The smallest absolute Gasteiger partial charge is 0.351 e. The van der Waals surface area contributed by atoms with Crippen LogP contribution in [0.3, 0.4) is 0 Å². The van der Waals surface area contributed by atoms with Gasteiger partial charge in [0.1, 0.15) is 18.4 Å². The van der Waals surface area contributed by atoms with Crippen molar-refractivity contribution in [3.8, 4) is 6.07 Å². The van der Waals surface area contributed by atoms with Crippen LogP contribution in [0.5, 0.6) is 0 Å². The number of nitrogens with zero attached hydrogens (tertiary/aromatic N) is 4. The molecule has 0 radical (unpaired) electrons. The highest BCUT2D eigenvalue weighted by atomic mass is 19.4. The maximum absolute atomic E-state index is 14.2. The fraction of sp³-hybridized carbons (Fsp3) is 0.273. The Balaban J connectivity index is 1.66. The summed E-state index contributed by atoms with van der Waals surface area (Å²) < 4.78 is 52.8. The number of anilines is 1. The SMILES string of the molecule is N#Cc1ccc(N2CC(=O)N(Cc3ccc(C(F)(F)F)cc3)C3(CN(C(N)=O)C3)C2=O)cc1F. The number of rotatable bonds is 3. The van der Waals surface area contributed by atoms with Crippen molar-refractivity contribution >= 4 is 23.5 Å². The standard InChI is InChI=1S/C22H17F4N5O3/c23-17-7-16(6-3-14(17)8-27)30-10-18(32)31(21(19(30)33)11-29(12-21)20(28)34)9-13-1-4-15(5-2-13)22(24,25)26/h1-7H,9-12H2,(H2,28,34). The van der Waals surface area contributed by atoms with E-state index in [1.165, 1.54) is 29.2 Å². The van der Waals surface area contributed by atoms with Crippen molar-refractivity contribution < 1.29 is 31.9 Å². The third-order valence-electron chi connectivity index (χ3n) is 5.98. The van der Waals surface area contributed by atoms with Crippen LogP contribution in [0, 0.1) is 17.1 Å². The second-order valence-corrected chi connectivity index (χ2v) is 8.07. The highest BCUT2D eigenvalue weighted by Gasteiger charge is 2.60. The van der Waals surface area contributed by atoms with Crippen molar-refractivity contribution in [1.29, 1.82) is 5.26 Å². The van der Waals surface area contributed by atoms with Gasteiger partial charge in [-0.05, 0) is 35.9 Å². The number of benzene rings is 2. The fourth-order valence-electron chi connectivity index (χ4n) is 4.14. The van der Waals surface area contributed by atoms with Crippen molar-refractivity contribution in [1.82, 2.24) is 9.80 Å². The predicted octanol–water partition coefficient (Wildman–Crippen LogP) is 2.22. The summed E-state index contributed by atoms with van der Waals surface area (Å²) in [5.41, 5.74) is 3.09. The first kappa shape index (κ1) is 23.0. The number of carbonyl (C=O) groups is 3. The van der Waals surface area contributed by atoms with E-state index in [9.17, 15) is 31.9 Å². The normalized spacial score (nSPS) is 17.6. The molecule has 34 heavy (non-hydrogen) atoms. The zero-order valence-corrected chi connectivity index (χ0v) is 17.5. The van der Waals surface area contributed by atoms with Crippen LogP contribution >= 0.6 is 0 Å². The molecule has 2 N–H and O–H groups in total. The number of piperazine rings is 1. The van der Waals surface area contributed by atoms with Crippen molar-refractivity contribution in [3.05, 3.63) is 65.0 Å². The summed E-state index contributed by atoms with van der Waals surface area (Å²) in [6, 6.07) is 8.51. The number of hydrogen-bond donors (Lipinski definition) is 1. The Hall–Kier alpha value is -4.14. The minimum atomic E-state index is -4.52. The number of halogens is 4. The molecular formula is C22H17F4N5O3. The lowest BCUT2D eigenvalue weighted by Crippen LogP contribution is -2.81. The molecule has 2 fully saturated rings. The van der Waals surface area contributed by atoms with Crippen LogP contribution in [0.15, 0.2) is 42.5 Å². The van der Waals surface area contributed by atoms with E-state index in [1.54, 1.807) is 6.07 Å². The van der Waals surface area contributed by atoms with Crippen LogP contribution in [0.2, 0.25) is 0 Å². The van der Waals surface area contributed by atoms with Crippen LogP contribution in [-0.4, -0.2) is 52.8 Å². The first-order valence-corrected chi connectivity index (χ1v) is 9.99. The van der Waals surface area contributed by atoms with Gasteiger partial charge < -0.3 is 20.4 Å². The van der Waals surface area contributed by atoms with E-state index in [0.717, 1.165) is 28.0 Å². The molecule has 2 saturated heterocycles. The largest absolute Gasteiger partial charge is 0.416 e. The molecule has 176 valence electrons. The number of primary amides is 1. The van der Waals surface area contributed by atoms with Crippen LogP contribution in [0.4, 0.5) is 28.0 Å². The van der Waals surface area contributed by atoms with Gasteiger partial charge in [0.2, 0.25) is 5.91 Å². The van der Waals surface area contributed by atoms with Crippen molar-refractivity contribution in [2.45, 2.75) is 18.3 Å². The van der Waals surface area contributed by atoms with E-state index in [0.29, 0.717) is 5.56 Å². The quantitative estimate of drug-likeness (QED) is 0.687. The molecule has 1 spiro atoms. The molecular weight excluding hydrogens is 458 g/mol. The Kier molecular flexibility index (Phi) is 5.43. The summed E-state index contributed by atoms with van der Waals surface area (Å²) in [6.45, 7) is -1.07. The van der Waals surface area contributed by atoms with Gasteiger partial charge in [-0.1, -0.05) is 12.1 Å². The average molecular weight is 475 g/mol. The fourth-order valence-corrected chi connectivity index (χ4v) is 4.14. The summed E-state index contributed by atoms with van der Waals surface area (Å²) in [5, 5.41) is 8.92. The number of urea groups is 1. The second kappa shape index (κ2) is 8.02. The minimum absolute atomic E-state index is 0.0564. The molecule has 0 atom stereocenters. The number of alkyl halides is 3. The van der Waals surface area contributed by atoms with Gasteiger partial charge in [0, 0.05) is 12.2 Å². The molecule has 12 heteroatoms. The Morgan fingerprint density at radius 3 is 2.29 bits per heavy atom. The Morgan fingerprint density at radius 1 is 1.12 bits per heavy atom. The zero-order valence-electron chi connectivity index (χ0n) is 17.5. The summed E-state index contributed by atoms with van der Waals surface area (Å²) in [6.07, 6.45) is -4.52. The predicted molar refractivity (Wildman–Crippen MR) is 109 cm³/mol. The number of amides is 4. The van der Waals surface area contributed by atoms with E-state index < -0.39 is 47.5 Å². The third kappa shape index (κ3) is 3.79. The maximum atomic E-state index is 14.2.